The van der Waals surface area contributed by atoms with E-state index in [4.69, 9.17) is 9.47 Å². The van der Waals surface area contributed by atoms with Gasteiger partial charge in [0.1, 0.15) is 17.5 Å². The first-order valence-electron chi connectivity index (χ1n) is 4.83. The van der Waals surface area contributed by atoms with Crippen molar-refractivity contribution in [3.05, 3.63) is 23.8 Å². The van der Waals surface area contributed by atoms with E-state index in [9.17, 15) is 9.90 Å². The summed E-state index contributed by atoms with van der Waals surface area (Å²) in [5.41, 5.74) is 4.48. The molecule has 5 heteroatoms. The van der Waals surface area contributed by atoms with Crippen LogP contribution in [0.5, 0.6) is 11.5 Å². The Bertz CT molecular complexity index is 378. The van der Waals surface area contributed by atoms with Crippen LogP contribution in [0.2, 0.25) is 0 Å². The molecule has 1 rings (SSSR count). The highest BCUT2D eigenvalue weighted by Crippen LogP contribution is 2.28. The molecule has 3 N–H and O–H groups in total. The summed E-state index contributed by atoms with van der Waals surface area (Å²) < 4.78 is 10.2. The van der Waals surface area contributed by atoms with E-state index in [-0.39, 0.29) is 6.42 Å². The van der Waals surface area contributed by atoms with Gasteiger partial charge in [-0.25, -0.2) is 0 Å². The fourth-order valence-corrected chi connectivity index (χ4v) is 1.47. The van der Waals surface area contributed by atoms with Gasteiger partial charge in [0, 0.05) is 12.4 Å². The number of hydrogen-bond donors (Lipinski definition) is 1. The van der Waals surface area contributed by atoms with Crippen LogP contribution in [0.4, 0.5) is 0 Å². The molecule has 0 bridgehead atoms. The van der Waals surface area contributed by atoms with Crippen LogP contribution in [0.1, 0.15) is 18.0 Å². The van der Waals surface area contributed by atoms with Gasteiger partial charge in [-0.2, -0.15) is 0 Å². The molecule has 1 aromatic rings. The topological polar surface area (TPSA) is 86.2 Å². The van der Waals surface area contributed by atoms with Crippen molar-refractivity contribution in [2.45, 2.75) is 12.5 Å². The van der Waals surface area contributed by atoms with Gasteiger partial charge in [-0.05, 0) is 18.2 Å². The molecule has 1 atom stereocenters. The molecular formula is C11H15NO4. The number of carboxylic acid groups (broad SMARTS) is 1. The van der Waals surface area contributed by atoms with Crippen LogP contribution in [0.3, 0.4) is 0 Å². The third kappa shape index (κ3) is 2.87. The average Bonchev–Trinajstić information content (AvgIpc) is 2.27. The van der Waals surface area contributed by atoms with E-state index in [2.05, 4.69) is 5.73 Å². The van der Waals surface area contributed by atoms with Gasteiger partial charge >= 0.3 is 0 Å². The molecule has 0 heterocycles. The molecule has 0 saturated carbocycles. The summed E-state index contributed by atoms with van der Waals surface area (Å²) in [6.45, 7) is 0. The van der Waals surface area contributed by atoms with Crippen molar-refractivity contribution in [1.29, 1.82) is 0 Å². The molecule has 0 radical (unpaired) electrons. The van der Waals surface area contributed by atoms with E-state index in [1.54, 1.807) is 25.3 Å². The Labute approximate surface area is 93.8 Å². The van der Waals surface area contributed by atoms with Gasteiger partial charge in [0.15, 0.2) is 0 Å². The van der Waals surface area contributed by atoms with Crippen LogP contribution < -0.4 is 20.3 Å². The number of benzene rings is 1. The van der Waals surface area contributed by atoms with Gasteiger partial charge in [-0.15, -0.1) is 0 Å². The van der Waals surface area contributed by atoms with Crippen LogP contribution in [0, 0.1) is 0 Å². The Hall–Kier alpha value is -1.75. The Morgan fingerprint density at radius 3 is 2.62 bits per heavy atom. The van der Waals surface area contributed by atoms with E-state index >= 15 is 0 Å². The summed E-state index contributed by atoms with van der Waals surface area (Å²) >= 11 is 0. The highest BCUT2D eigenvalue weighted by Gasteiger charge is 2.16. The number of methoxy groups -OCH3 is 2. The van der Waals surface area contributed by atoms with Gasteiger partial charge in [-0.1, -0.05) is 0 Å². The molecule has 0 fully saturated rings. The van der Waals surface area contributed by atoms with Crippen molar-refractivity contribution < 1.29 is 25.1 Å². The Morgan fingerprint density at radius 2 is 2.12 bits per heavy atom. The minimum absolute atomic E-state index is 0.149. The molecule has 5 nitrogen and oxygen atoms in total. The zero-order valence-corrected chi connectivity index (χ0v) is 9.36. The van der Waals surface area contributed by atoms with Gasteiger partial charge in [0.05, 0.1) is 19.8 Å². The number of hydrogen-bond acceptors (Lipinski definition) is 4. The smallest absolute Gasteiger partial charge is 0.128 e. The number of ether oxygens (including phenoxy) is 2. The Morgan fingerprint density at radius 1 is 1.44 bits per heavy atom. The lowest BCUT2D eigenvalue weighted by molar-refractivity contribution is -0.430. The second kappa shape index (κ2) is 5.37. The molecule has 0 aromatic heterocycles. The van der Waals surface area contributed by atoms with E-state index in [0.29, 0.717) is 17.1 Å². The van der Waals surface area contributed by atoms with Crippen LogP contribution in [0.25, 0.3) is 0 Å². The first-order valence-corrected chi connectivity index (χ1v) is 4.83. The zero-order valence-electron chi connectivity index (χ0n) is 9.36. The quantitative estimate of drug-likeness (QED) is 0.705. The maximum absolute atomic E-state index is 10.5. The average molecular weight is 225 g/mol. The van der Waals surface area contributed by atoms with Crippen molar-refractivity contribution in [3.63, 3.8) is 0 Å². The molecule has 88 valence electrons. The predicted octanol–water partition coefficient (Wildman–Crippen LogP) is -0.873. The lowest BCUT2D eigenvalue weighted by atomic mass is 10.0. The highest BCUT2D eigenvalue weighted by atomic mass is 16.5. The minimum atomic E-state index is -1.13. The van der Waals surface area contributed by atoms with Crippen molar-refractivity contribution >= 4 is 5.97 Å². The maximum Gasteiger partial charge on any atom is 0.128 e. The van der Waals surface area contributed by atoms with Crippen LogP contribution in [-0.4, -0.2) is 20.2 Å². The van der Waals surface area contributed by atoms with E-state index in [0.717, 1.165) is 0 Å². The van der Waals surface area contributed by atoms with Gasteiger partial charge in [0.2, 0.25) is 0 Å². The number of carboxylic acids is 1. The second-order valence-electron chi connectivity index (χ2n) is 3.38. The summed E-state index contributed by atoms with van der Waals surface area (Å²) in [4.78, 5) is 10.5. The molecule has 0 aliphatic rings. The first kappa shape index (κ1) is 12.3. The molecule has 1 aromatic carbocycles. The van der Waals surface area contributed by atoms with Gasteiger partial charge in [-0.3, -0.25) is 0 Å². The third-order valence-corrected chi connectivity index (χ3v) is 2.29. The number of carbonyl (C=O) groups excluding carboxylic acids is 1. The first-order chi connectivity index (χ1) is 7.58. The molecule has 0 saturated heterocycles. The summed E-state index contributed by atoms with van der Waals surface area (Å²) in [5, 5.41) is 10.5. The van der Waals surface area contributed by atoms with Crippen molar-refractivity contribution in [3.8, 4) is 11.5 Å². The summed E-state index contributed by atoms with van der Waals surface area (Å²) in [5.74, 6) is 0.106. The number of aliphatic carboxylic acids is 1. The number of carbonyl (C=O) groups is 1. The summed E-state index contributed by atoms with van der Waals surface area (Å²) in [7, 11) is 3.07. The SMILES string of the molecule is COc1ccc(OC)c([C@H]([NH3+])CC(=O)[O-])c1. The molecule has 0 amide bonds. The van der Waals surface area contributed by atoms with E-state index in [1.165, 1.54) is 7.11 Å². The molecular weight excluding hydrogens is 210 g/mol. The monoisotopic (exact) mass is 225 g/mol. The minimum Gasteiger partial charge on any atom is -0.550 e. The fourth-order valence-electron chi connectivity index (χ4n) is 1.47. The standard InChI is InChI=1S/C11H15NO4/c1-15-7-3-4-10(16-2)8(5-7)9(12)6-11(13)14/h3-5,9H,6,12H2,1-2H3,(H,13,14)/t9-/m1/s1. The lowest BCUT2D eigenvalue weighted by Gasteiger charge is -2.14. The Kier molecular flexibility index (Phi) is 4.13. The molecule has 0 unspecified atom stereocenters. The Balaban J connectivity index is 3.02. The van der Waals surface area contributed by atoms with Gasteiger partial charge in [0.25, 0.3) is 0 Å². The van der Waals surface area contributed by atoms with Crippen molar-refractivity contribution in [2.24, 2.45) is 0 Å². The second-order valence-corrected chi connectivity index (χ2v) is 3.38. The van der Waals surface area contributed by atoms with Crippen LogP contribution in [-0.2, 0) is 4.79 Å². The van der Waals surface area contributed by atoms with Crippen molar-refractivity contribution in [1.82, 2.24) is 0 Å². The van der Waals surface area contributed by atoms with E-state index < -0.39 is 12.0 Å². The van der Waals surface area contributed by atoms with Crippen LogP contribution >= 0.6 is 0 Å². The summed E-state index contributed by atoms with van der Waals surface area (Å²) in [6.07, 6.45) is -0.149. The fraction of sp³-hybridized carbons (Fsp3) is 0.364. The molecule has 0 spiro atoms. The lowest BCUT2D eigenvalue weighted by Crippen LogP contribution is -2.55. The van der Waals surface area contributed by atoms with E-state index in [1.807, 2.05) is 0 Å². The third-order valence-electron chi connectivity index (χ3n) is 2.29. The van der Waals surface area contributed by atoms with Crippen LogP contribution in [0.15, 0.2) is 18.2 Å². The molecule has 0 aliphatic carbocycles. The predicted molar refractivity (Wildman–Crippen MR) is 54.8 cm³/mol. The normalized spacial score (nSPS) is 11.9. The number of quaternary nitrogens is 1. The van der Waals surface area contributed by atoms with Gasteiger partial charge < -0.3 is 25.1 Å². The molecule has 16 heavy (non-hydrogen) atoms. The largest absolute Gasteiger partial charge is 0.550 e. The highest BCUT2D eigenvalue weighted by molar-refractivity contribution is 5.65. The summed E-state index contributed by atoms with van der Waals surface area (Å²) in [6, 6.07) is 4.77. The number of rotatable bonds is 5. The molecule has 0 aliphatic heterocycles. The zero-order chi connectivity index (χ0) is 12.1. The van der Waals surface area contributed by atoms with Crippen molar-refractivity contribution in [2.75, 3.05) is 14.2 Å². The maximum atomic E-state index is 10.5.